The SMILES string of the molecule is CCC(CC)(c1ccc(C=CC2(O)CCCC2)c(C)c1)c1ccc(OCC2=CCC(=O)O2)c(C)c1. The summed E-state index contributed by atoms with van der Waals surface area (Å²) in [4.78, 5) is 11.3. The molecule has 1 aliphatic carbocycles. The topological polar surface area (TPSA) is 55.8 Å². The van der Waals surface area contributed by atoms with E-state index in [-0.39, 0.29) is 18.0 Å². The number of aliphatic hydroxyl groups is 1. The molecule has 0 aromatic heterocycles. The van der Waals surface area contributed by atoms with Crippen molar-refractivity contribution in [3.63, 3.8) is 0 Å². The van der Waals surface area contributed by atoms with Crippen molar-refractivity contribution in [2.24, 2.45) is 0 Å². The maximum atomic E-state index is 11.3. The van der Waals surface area contributed by atoms with Crippen LogP contribution in [0.15, 0.2) is 54.3 Å². The van der Waals surface area contributed by atoms with Crippen molar-refractivity contribution in [2.45, 2.75) is 83.7 Å². The first-order chi connectivity index (χ1) is 16.8. The molecule has 0 unspecified atom stereocenters. The third kappa shape index (κ3) is 5.38. The molecule has 1 N–H and O–H groups in total. The van der Waals surface area contributed by atoms with E-state index in [9.17, 15) is 9.90 Å². The summed E-state index contributed by atoms with van der Waals surface area (Å²) in [5.74, 6) is 1.16. The molecule has 0 radical (unpaired) electrons. The summed E-state index contributed by atoms with van der Waals surface area (Å²) in [6.07, 6.45) is 12.1. The molecule has 1 heterocycles. The highest BCUT2D eigenvalue weighted by atomic mass is 16.6. The van der Waals surface area contributed by atoms with Gasteiger partial charge in [0.1, 0.15) is 18.1 Å². The van der Waals surface area contributed by atoms with Crippen LogP contribution in [-0.2, 0) is 14.9 Å². The van der Waals surface area contributed by atoms with Gasteiger partial charge in [-0.05, 0) is 79.5 Å². The summed E-state index contributed by atoms with van der Waals surface area (Å²) in [6, 6.07) is 13.2. The second-order valence-corrected chi connectivity index (χ2v) is 10.1. The maximum absolute atomic E-state index is 11.3. The lowest BCUT2D eigenvalue weighted by molar-refractivity contribution is -0.136. The summed E-state index contributed by atoms with van der Waals surface area (Å²) in [6.45, 7) is 9.00. The summed E-state index contributed by atoms with van der Waals surface area (Å²) >= 11 is 0. The second kappa shape index (κ2) is 10.4. The Kier molecular flexibility index (Phi) is 7.51. The fourth-order valence-corrected chi connectivity index (χ4v) is 5.57. The number of hydrogen-bond acceptors (Lipinski definition) is 4. The van der Waals surface area contributed by atoms with Crippen molar-refractivity contribution >= 4 is 12.0 Å². The molecule has 0 spiro atoms. The van der Waals surface area contributed by atoms with Crippen molar-refractivity contribution in [1.29, 1.82) is 0 Å². The smallest absolute Gasteiger partial charge is 0.314 e. The average molecular weight is 475 g/mol. The van der Waals surface area contributed by atoms with Gasteiger partial charge in [-0.25, -0.2) is 0 Å². The molecular weight excluding hydrogens is 436 g/mol. The van der Waals surface area contributed by atoms with E-state index >= 15 is 0 Å². The van der Waals surface area contributed by atoms with E-state index in [0.29, 0.717) is 12.2 Å². The van der Waals surface area contributed by atoms with Crippen LogP contribution in [0.25, 0.3) is 6.08 Å². The number of carbonyl (C=O) groups is 1. The second-order valence-electron chi connectivity index (χ2n) is 10.1. The van der Waals surface area contributed by atoms with Crippen LogP contribution in [0.2, 0.25) is 0 Å². The van der Waals surface area contributed by atoms with Crippen LogP contribution in [0.1, 0.15) is 86.6 Å². The van der Waals surface area contributed by atoms with E-state index in [0.717, 1.165) is 55.4 Å². The first kappa shape index (κ1) is 25.2. The summed E-state index contributed by atoms with van der Waals surface area (Å²) < 4.78 is 11.1. The van der Waals surface area contributed by atoms with Crippen LogP contribution in [0.4, 0.5) is 0 Å². The predicted molar refractivity (Wildman–Crippen MR) is 140 cm³/mol. The highest BCUT2D eigenvalue weighted by Crippen LogP contribution is 2.41. The van der Waals surface area contributed by atoms with E-state index in [1.807, 2.05) is 12.1 Å². The third-order valence-corrected chi connectivity index (χ3v) is 7.91. The van der Waals surface area contributed by atoms with Gasteiger partial charge in [0.2, 0.25) is 0 Å². The highest BCUT2D eigenvalue weighted by Gasteiger charge is 2.32. The summed E-state index contributed by atoms with van der Waals surface area (Å²) in [5.41, 5.74) is 5.32. The molecule has 2 aromatic carbocycles. The number of benzene rings is 2. The fraction of sp³-hybridized carbons (Fsp3) is 0.452. The van der Waals surface area contributed by atoms with Gasteiger partial charge in [0.05, 0.1) is 12.0 Å². The van der Waals surface area contributed by atoms with Gasteiger partial charge >= 0.3 is 5.97 Å². The Morgan fingerprint density at radius 2 is 1.69 bits per heavy atom. The number of rotatable bonds is 9. The maximum Gasteiger partial charge on any atom is 0.314 e. The minimum Gasteiger partial charge on any atom is -0.485 e. The molecule has 4 nitrogen and oxygen atoms in total. The molecule has 2 aromatic rings. The van der Waals surface area contributed by atoms with Gasteiger partial charge in [-0.3, -0.25) is 4.79 Å². The van der Waals surface area contributed by atoms with Gasteiger partial charge in [0, 0.05) is 5.41 Å². The Bertz CT molecular complexity index is 1130. The molecular formula is C31H38O4. The molecule has 0 bridgehead atoms. The monoisotopic (exact) mass is 474 g/mol. The van der Waals surface area contributed by atoms with E-state index in [1.165, 1.54) is 16.7 Å². The van der Waals surface area contributed by atoms with E-state index < -0.39 is 5.60 Å². The van der Waals surface area contributed by atoms with Gasteiger partial charge in [0.15, 0.2) is 0 Å². The summed E-state index contributed by atoms with van der Waals surface area (Å²) in [5, 5.41) is 10.7. The van der Waals surface area contributed by atoms with Crippen LogP contribution in [0.5, 0.6) is 5.75 Å². The lowest BCUT2D eigenvalue weighted by Gasteiger charge is -2.34. The zero-order chi connectivity index (χ0) is 25.1. The first-order valence-corrected chi connectivity index (χ1v) is 12.9. The molecule has 0 atom stereocenters. The first-order valence-electron chi connectivity index (χ1n) is 12.9. The van der Waals surface area contributed by atoms with Crippen molar-refractivity contribution in [3.8, 4) is 5.75 Å². The number of ether oxygens (including phenoxy) is 2. The minimum atomic E-state index is -0.640. The quantitative estimate of drug-likeness (QED) is 0.400. The number of carbonyl (C=O) groups excluding carboxylic acids is 1. The normalized spacial score (nSPS) is 17.6. The van der Waals surface area contributed by atoms with E-state index in [1.54, 1.807) is 6.08 Å². The van der Waals surface area contributed by atoms with Crippen molar-refractivity contribution in [2.75, 3.05) is 6.61 Å². The lowest BCUT2D eigenvalue weighted by Crippen LogP contribution is -2.26. The van der Waals surface area contributed by atoms with Gasteiger partial charge in [-0.2, -0.15) is 0 Å². The molecule has 186 valence electrons. The largest absolute Gasteiger partial charge is 0.485 e. The Hall–Kier alpha value is -2.85. The minimum absolute atomic E-state index is 0.0938. The fourth-order valence-electron chi connectivity index (χ4n) is 5.57. The van der Waals surface area contributed by atoms with Crippen LogP contribution < -0.4 is 4.74 Å². The molecule has 0 amide bonds. The summed E-state index contributed by atoms with van der Waals surface area (Å²) in [7, 11) is 0. The van der Waals surface area contributed by atoms with Crippen LogP contribution >= 0.6 is 0 Å². The zero-order valence-corrected chi connectivity index (χ0v) is 21.5. The van der Waals surface area contributed by atoms with Gasteiger partial charge in [0.25, 0.3) is 0 Å². The van der Waals surface area contributed by atoms with Crippen molar-refractivity contribution in [3.05, 3.63) is 82.1 Å². The molecule has 4 heteroatoms. The number of aryl methyl sites for hydroxylation is 2. The molecule has 4 rings (SSSR count). The molecule has 0 saturated heterocycles. The molecule has 2 aliphatic rings. The van der Waals surface area contributed by atoms with Crippen LogP contribution in [0, 0.1) is 13.8 Å². The number of cyclic esters (lactones) is 1. The number of hydrogen-bond donors (Lipinski definition) is 1. The molecule has 1 saturated carbocycles. The van der Waals surface area contributed by atoms with Crippen LogP contribution in [-0.4, -0.2) is 23.3 Å². The molecule has 35 heavy (non-hydrogen) atoms. The van der Waals surface area contributed by atoms with E-state index in [4.69, 9.17) is 9.47 Å². The zero-order valence-electron chi connectivity index (χ0n) is 21.5. The average Bonchev–Trinajstić information content (AvgIpc) is 3.47. The Balaban J connectivity index is 1.56. The van der Waals surface area contributed by atoms with Crippen LogP contribution in [0.3, 0.4) is 0 Å². The van der Waals surface area contributed by atoms with Gasteiger partial charge < -0.3 is 14.6 Å². The predicted octanol–water partition coefficient (Wildman–Crippen LogP) is 6.94. The number of esters is 1. The molecule has 1 fully saturated rings. The Morgan fingerprint density at radius 1 is 1.03 bits per heavy atom. The third-order valence-electron chi connectivity index (χ3n) is 7.91. The van der Waals surface area contributed by atoms with Gasteiger partial charge in [-0.15, -0.1) is 0 Å². The standard InChI is InChI=1S/C31H38O4/c1-5-31(6-2,25-10-9-24(22(3)19-25)15-18-30(33)16-7-8-17-30)26-11-13-28(23(4)20-26)34-21-27-12-14-29(32)35-27/h9-13,15,18-20,33H,5-8,14,16-17,21H2,1-4H3. The lowest BCUT2D eigenvalue weighted by atomic mass is 9.70. The van der Waals surface area contributed by atoms with Crippen molar-refractivity contribution in [1.82, 2.24) is 0 Å². The van der Waals surface area contributed by atoms with Crippen molar-refractivity contribution < 1.29 is 19.4 Å². The van der Waals surface area contributed by atoms with E-state index in [2.05, 4.69) is 64.1 Å². The van der Waals surface area contributed by atoms with Gasteiger partial charge in [-0.1, -0.05) is 69.2 Å². The Morgan fingerprint density at radius 3 is 2.26 bits per heavy atom. The highest BCUT2D eigenvalue weighted by molar-refractivity contribution is 5.75. The Labute approximate surface area is 209 Å². The molecule has 1 aliphatic heterocycles.